The van der Waals surface area contributed by atoms with Gasteiger partial charge in [-0.1, -0.05) is 19.1 Å². The van der Waals surface area contributed by atoms with E-state index in [4.69, 9.17) is 9.47 Å². The number of rotatable bonds is 6. The van der Waals surface area contributed by atoms with Crippen LogP contribution < -0.4 is 4.74 Å². The van der Waals surface area contributed by atoms with Gasteiger partial charge in [0.1, 0.15) is 5.75 Å². The van der Waals surface area contributed by atoms with Crippen LogP contribution in [0.15, 0.2) is 53.4 Å². The lowest BCUT2D eigenvalue weighted by Crippen LogP contribution is -2.10. The van der Waals surface area contributed by atoms with Gasteiger partial charge in [-0.15, -0.1) is 11.8 Å². The van der Waals surface area contributed by atoms with Crippen molar-refractivity contribution in [1.82, 2.24) is 0 Å². The average Bonchev–Trinajstić information content (AvgIpc) is 2.60. The molecular formula is C18H18O4S. The molecule has 2 rings (SSSR count). The van der Waals surface area contributed by atoms with Crippen LogP contribution in [0.3, 0.4) is 0 Å². The van der Waals surface area contributed by atoms with Gasteiger partial charge in [0.15, 0.2) is 0 Å². The maximum absolute atomic E-state index is 12.2. The van der Waals surface area contributed by atoms with E-state index < -0.39 is 5.97 Å². The second-order valence-corrected chi connectivity index (χ2v) is 5.60. The van der Waals surface area contributed by atoms with Crippen LogP contribution in [0.2, 0.25) is 0 Å². The molecule has 2 aromatic rings. The highest BCUT2D eigenvalue weighted by Gasteiger charge is 2.13. The van der Waals surface area contributed by atoms with Crippen molar-refractivity contribution in [3.63, 3.8) is 0 Å². The first-order valence-corrected chi connectivity index (χ1v) is 8.50. The number of carbonyl (C=O) groups is 2. The summed E-state index contributed by atoms with van der Waals surface area (Å²) in [5, 5.41) is 0. The molecule has 4 nitrogen and oxygen atoms in total. The van der Waals surface area contributed by atoms with Gasteiger partial charge in [-0.05, 0) is 49.1 Å². The Morgan fingerprint density at radius 1 is 0.957 bits per heavy atom. The minimum atomic E-state index is -0.458. The molecule has 0 aromatic heterocycles. The summed E-state index contributed by atoms with van der Waals surface area (Å²) < 4.78 is 10.5. The molecule has 0 unspecified atom stereocenters. The van der Waals surface area contributed by atoms with E-state index in [1.807, 2.05) is 31.4 Å². The number of para-hydroxylation sites is 1. The smallest absolute Gasteiger partial charge is 0.343 e. The van der Waals surface area contributed by atoms with Gasteiger partial charge in [0.2, 0.25) is 0 Å². The molecule has 23 heavy (non-hydrogen) atoms. The minimum absolute atomic E-state index is 0.382. The Hall–Kier alpha value is -2.27. The summed E-state index contributed by atoms with van der Waals surface area (Å²) in [5.41, 5.74) is 0.799. The standard InChI is InChI=1S/C18H18O4S/c1-3-12-21-17(19)13-8-10-14(11-9-13)18(20)22-15-6-4-5-7-16(15)23-2/h4-11H,3,12H2,1-2H3. The van der Waals surface area contributed by atoms with E-state index in [0.29, 0.717) is 23.5 Å². The zero-order chi connectivity index (χ0) is 16.7. The highest BCUT2D eigenvalue weighted by Crippen LogP contribution is 2.27. The number of benzene rings is 2. The molecular weight excluding hydrogens is 312 g/mol. The third-order valence-electron chi connectivity index (χ3n) is 3.07. The molecule has 0 amide bonds. The summed E-state index contributed by atoms with van der Waals surface area (Å²) >= 11 is 1.51. The number of hydrogen-bond acceptors (Lipinski definition) is 5. The Morgan fingerprint density at radius 3 is 2.17 bits per heavy atom. The minimum Gasteiger partial charge on any atom is -0.462 e. The highest BCUT2D eigenvalue weighted by molar-refractivity contribution is 7.98. The average molecular weight is 330 g/mol. The maximum atomic E-state index is 12.2. The first-order chi connectivity index (χ1) is 11.2. The van der Waals surface area contributed by atoms with Crippen molar-refractivity contribution in [3.05, 3.63) is 59.7 Å². The summed E-state index contributed by atoms with van der Waals surface area (Å²) in [6.07, 6.45) is 2.69. The van der Waals surface area contributed by atoms with E-state index in [1.165, 1.54) is 11.8 Å². The lowest BCUT2D eigenvalue weighted by atomic mass is 10.1. The second-order valence-electron chi connectivity index (χ2n) is 4.75. The van der Waals surface area contributed by atoms with E-state index in [1.54, 1.807) is 30.3 Å². The van der Waals surface area contributed by atoms with Gasteiger partial charge in [-0.25, -0.2) is 9.59 Å². The van der Waals surface area contributed by atoms with E-state index in [-0.39, 0.29) is 5.97 Å². The van der Waals surface area contributed by atoms with Crippen LogP contribution in [0, 0.1) is 0 Å². The Bertz CT molecular complexity index is 680. The highest BCUT2D eigenvalue weighted by atomic mass is 32.2. The Morgan fingerprint density at radius 2 is 1.57 bits per heavy atom. The van der Waals surface area contributed by atoms with Crippen LogP contribution in [-0.2, 0) is 4.74 Å². The summed E-state index contributed by atoms with van der Waals surface area (Å²) in [6.45, 7) is 2.31. The Kier molecular flexibility index (Phi) is 6.23. The van der Waals surface area contributed by atoms with Crippen LogP contribution in [0.4, 0.5) is 0 Å². The summed E-state index contributed by atoms with van der Waals surface area (Å²) in [5.74, 6) is -0.323. The molecule has 0 bridgehead atoms. The van der Waals surface area contributed by atoms with Gasteiger partial charge in [0.25, 0.3) is 0 Å². The fourth-order valence-corrected chi connectivity index (χ4v) is 2.41. The molecule has 0 saturated heterocycles. The molecule has 0 aliphatic rings. The van der Waals surface area contributed by atoms with Crippen LogP contribution in [0.5, 0.6) is 5.75 Å². The van der Waals surface area contributed by atoms with Crippen LogP contribution in [-0.4, -0.2) is 24.8 Å². The Balaban J connectivity index is 2.07. The molecule has 0 saturated carbocycles. The predicted octanol–water partition coefficient (Wildman–Crippen LogP) is 4.19. The predicted molar refractivity (Wildman–Crippen MR) is 90.2 cm³/mol. The summed E-state index contributed by atoms with van der Waals surface area (Å²) in [4.78, 5) is 24.8. The van der Waals surface area contributed by atoms with Crippen molar-refractivity contribution in [2.75, 3.05) is 12.9 Å². The third-order valence-corrected chi connectivity index (χ3v) is 3.84. The Labute approximate surface area is 139 Å². The molecule has 5 heteroatoms. The largest absolute Gasteiger partial charge is 0.462 e. The molecule has 0 spiro atoms. The number of carbonyl (C=O) groups excluding carboxylic acids is 2. The zero-order valence-electron chi connectivity index (χ0n) is 13.1. The normalized spacial score (nSPS) is 10.2. The van der Waals surface area contributed by atoms with Gasteiger partial charge in [-0.2, -0.15) is 0 Å². The van der Waals surface area contributed by atoms with Crippen LogP contribution in [0.1, 0.15) is 34.1 Å². The molecule has 0 fully saturated rings. The number of esters is 2. The van der Waals surface area contributed by atoms with E-state index in [2.05, 4.69) is 0 Å². The quantitative estimate of drug-likeness (QED) is 0.451. The first kappa shape index (κ1) is 17.1. The molecule has 0 N–H and O–H groups in total. The number of ether oxygens (including phenoxy) is 2. The lowest BCUT2D eigenvalue weighted by molar-refractivity contribution is 0.0504. The zero-order valence-corrected chi connectivity index (χ0v) is 13.9. The number of hydrogen-bond donors (Lipinski definition) is 0. The molecule has 0 atom stereocenters. The first-order valence-electron chi connectivity index (χ1n) is 7.28. The fourth-order valence-electron chi connectivity index (χ4n) is 1.88. The maximum Gasteiger partial charge on any atom is 0.343 e. The third kappa shape index (κ3) is 4.60. The molecule has 0 heterocycles. The molecule has 0 radical (unpaired) electrons. The van der Waals surface area contributed by atoms with Crippen molar-refractivity contribution in [2.24, 2.45) is 0 Å². The van der Waals surface area contributed by atoms with Crippen LogP contribution >= 0.6 is 11.8 Å². The molecule has 120 valence electrons. The topological polar surface area (TPSA) is 52.6 Å². The van der Waals surface area contributed by atoms with Gasteiger partial charge < -0.3 is 9.47 Å². The second kappa shape index (κ2) is 8.39. The van der Waals surface area contributed by atoms with E-state index in [9.17, 15) is 9.59 Å². The van der Waals surface area contributed by atoms with Crippen molar-refractivity contribution in [3.8, 4) is 5.75 Å². The van der Waals surface area contributed by atoms with Gasteiger partial charge in [0, 0.05) is 4.90 Å². The van der Waals surface area contributed by atoms with Gasteiger partial charge >= 0.3 is 11.9 Å². The van der Waals surface area contributed by atoms with Gasteiger partial charge in [0.05, 0.1) is 17.7 Å². The van der Waals surface area contributed by atoms with E-state index >= 15 is 0 Å². The van der Waals surface area contributed by atoms with Crippen molar-refractivity contribution in [1.29, 1.82) is 0 Å². The van der Waals surface area contributed by atoms with Crippen molar-refractivity contribution >= 4 is 23.7 Å². The van der Waals surface area contributed by atoms with Gasteiger partial charge in [-0.3, -0.25) is 0 Å². The summed E-state index contributed by atoms with van der Waals surface area (Å²) in [6, 6.07) is 13.6. The number of thioether (sulfide) groups is 1. The van der Waals surface area contributed by atoms with E-state index in [0.717, 1.165) is 11.3 Å². The van der Waals surface area contributed by atoms with Crippen molar-refractivity contribution in [2.45, 2.75) is 18.2 Å². The summed E-state index contributed by atoms with van der Waals surface area (Å²) in [7, 11) is 0. The van der Waals surface area contributed by atoms with Crippen molar-refractivity contribution < 1.29 is 19.1 Å². The fraction of sp³-hybridized carbons (Fsp3) is 0.222. The SMILES string of the molecule is CCCOC(=O)c1ccc(C(=O)Oc2ccccc2SC)cc1. The molecule has 2 aromatic carbocycles. The van der Waals surface area contributed by atoms with Crippen LogP contribution in [0.25, 0.3) is 0 Å². The molecule has 0 aliphatic carbocycles. The lowest BCUT2D eigenvalue weighted by Gasteiger charge is -2.08. The molecule has 0 aliphatic heterocycles. The monoisotopic (exact) mass is 330 g/mol.